The molecule has 1 N–H and O–H groups in total. The second-order valence-corrected chi connectivity index (χ2v) is 7.16. The van der Waals surface area contributed by atoms with Crippen molar-refractivity contribution in [2.24, 2.45) is 0 Å². The van der Waals surface area contributed by atoms with Crippen molar-refractivity contribution in [2.75, 3.05) is 7.05 Å². The van der Waals surface area contributed by atoms with E-state index in [1.165, 1.54) is 17.2 Å². The molecule has 3 heterocycles. The fourth-order valence-electron chi connectivity index (χ4n) is 3.73. The Kier molecular flexibility index (Phi) is 4.86. The van der Waals surface area contributed by atoms with Crippen molar-refractivity contribution in [1.82, 2.24) is 20.1 Å². The number of carbonyl (C=O) groups is 5. The van der Waals surface area contributed by atoms with Crippen molar-refractivity contribution in [3.8, 4) is 0 Å². The van der Waals surface area contributed by atoms with Gasteiger partial charge in [-0.1, -0.05) is 18.2 Å². The van der Waals surface area contributed by atoms with Crippen molar-refractivity contribution in [3.63, 3.8) is 0 Å². The Balaban J connectivity index is 1.61. The number of benzene rings is 1. The van der Waals surface area contributed by atoms with Gasteiger partial charge in [0.2, 0.25) is 11.8 Å². The van der Waals surface area contributed by atoms with Crippen LogP contribution in [0.25, 0.3) is 0 Å². The van der Waals surface area contributed by atoms with E-state index in [0.29, 0.717) is 5.56 Å². The molecule has 0 bridgehead atoms. The second-order valence-electron chi connectivity index (χ2n) is 7.16. The molecule has 2 aliphatic heterocycles. The third-order valence-corrected chi connectivity index (χ3v) is 5.19. The molecule has 30 heavy (non-hydrogen) atoms. The maximum atomic E-state index is 13.1. The largest absolute Gasteiger partial charge is 0.336 e. The minimum absolute atomic E-state index is 0.0536. The Bertz CT molecular complexity index is 1080. The molecule has 9 nitrogen and oxygen atoms in total. The first-order chi connectivity index (χ1) is 14.4. The summed E-state index contributed by atoms with van der Waals surface area (Å²) in [4.78, 5) is 68.5. The number of nitrogens with one attached hydrogen (secondary N) is 1. The SMILES string of the molecule is CN(Cc1cccc2c1C(=O)N(C1CCC(=O)NC1=O)C2=O)C(=O)c1ccccn1. The average molecular weight is 406 g/mol. The van der Waals surface area contributed by atoms with Crippen molar-refractivity contribution in [1.29, 1.82) is 0 Å². The predicted molar refractivity (Wildman–Crippen MR) is 103 cm³/mol. The van der Waals surface area contributed by atoms with Crippen molar-refractivity contribution >= 4 is 29.5 Å². The topological polar surface area (TPSA) is 117 Å². The summed E-state index contributed by atoms with van der Waals surface area (Å²) < 4.78 is 0. The van der Waals surface area contributed by atoms with Gasteiger partial charge in [-0.3, -0.25) is 39.2 Å². The molecule has 1 saturated heterocycles. The summed E-state index contributed by atoms with van der Waals surface area (Å²) in [5.74, 6) is -2.59. The van der Waals surface area contributed by atoms with Crippen LogP contribution in [0.15, 0.2) is 42.6 Å². The van der Waals surface area contributed by atoms with E-state index in [1.807, 2.05) is 0 Å². The Hall–Kier alpha value is -3.88. The van der Waals surface area contributed by atoms with Gasteiger partial charge in [0.1, 0.15) is 11.7 Å². The van der Waals surface area contributed by atoms with E-state index >= 15 is 0 Å². The van der Waals surface area contributed by atoms with Crippen LogP contribution < -0.4 is 5.32 Å². The molecule has 152 valence electrons. The highest BCUT2D eigenvalue weighted by molar-refractivity contribution is 6.24. The number of fused-ring (bicyclic) bond motifs is 1. The third-order valence-electron chi connectivity index (χ3n) is 5.19. The van der Waals surface area contributed by atoms with Crippen molar-refractivity contribution in [3.05, 3.63) is 65.0 Å². The van der Waals surface area contributed by atoms with Gasteiger partial charge in [-0.05, 0) is 30.2 Å². The van der Waals surface area contributed by atoms with Crippen LogP contribution in [0.1, 0.15) is 49.6 Å². The van der Waals surface area contributed by atoms with Gasteiger partial charge in [-0.2, -0.15) is 0 Å². The Morgan fingerprint density at radius 1 is 1.13 bits per heavy atom. The summed E-state index contributed by atoms with van der Waals surface area (Å²) in [5, 5.41) is 2.17. The maximum Gasteiger partial charge on any atom is 0.272 e. The Morgan fingerprint density at radius 2 is 1.93 bits per heavy atom. The van der Waals surface area contributed by atoms with E-state index in [9.17, 15) is 24.0 Å². The molecule has 1 aromatic carbocycles. The quantitative estimate of drug-likeness (QED) is 0.749. The lowest BCUT2D eigenvalue weighted by atomic mass is 10.0. The number of carbonyl (C=O) groups excluding carboxylic acids is 5. The average Bonchev–Trinajstić information content (AvgIpc) is 2.99. The van der Waals surface area contributed by atoms with Crippen molar-refractivity contribution < 1.29 is 24.0 Å². The zero-order chi connectivity index (χ0) is 21.4. The smallest absolute Gasteiger partial charge is 0.272 e. The number of hydrogen-bond acceptors (Lipinski definition) is 6. The molecule has 0 spiro atoms. The normalized spacial score (nSPS) is 18.3. The monoisotopic (exact) mass is 406 g/mol. The molecular formula is C21H18N4O5. The third kappa shape index (κ3) is 3.24. The van der Waals surface area contributed by atoms with Gasteiger partial charge in [-0.15, -0.1) is 0 Å². The van der Waals surface area contributed by atoms with Crippen LogP contribution >= 0.6 is 0 Å². The number of nitrogens with zero attached hydrogens (tertiary/aromatic N) is 3. The second kappa shape index (κ2) is 7.51. The molecule has 1 unspecified atom stereocenters. The molecule has 1 aromatic heterocycles. The molecule has 0 radical (unpaired) electrons. The zero-order valence-electron chi connectivity index (χ0n) is 16.1. The van der Waals surface area contributed by atoms with Gasteiger partial charge < -0.3 is 4.90 Å². The first kappa shape index (κ1) is 19.4. The number of aromatic nitrogens is 1. The number of piperidine rings is 1. The summed E-state index contributed by atoms with van der Waals surface area (Å²) >= 11 is 0. The highest BCUT2D eigenvalue weighted by atomic mass is 16.2. The van der Waals surface area contributed by atoms with E-state index in [2.05, 4.69) is 10.3 Å². The van der Waals surface area contributed by atoms with E-state index in [4.69, 9.17) is 0 Å². The first-order valence-electron chi connectivity index (χ1n) is 9.38. The molecule has 0 aliphatic carbocycles. The van der Waals surface area contributed by atoms with Crippen molar-refractivity contribution in [2.45, 2.75) is 25.4 Å². The van der Waals surface area contributed by atoms with E-state index < -0.39 is 29.7 Å². The highest BCUT2D eigenvalue weighted by Crippen LogP contribution is 2.30. The molecule has 2 aliphatic rings. The molecule has 2 aromatic rings. The molecule has 4 rings (SSSR count). The first-order valence-corrected chi connectivity index (χ1v) is 9.38. The lowest BCUT2D eigenvalue weighted by Crippen LogP contribution is -2.54. The standard InChI is InChI=1S/C21H18N4O5/c1-24(20(29)14-7-2-3-10-22-14)11-12-5-4-6-13-17(12)21(30)25(19(13)28)15-8-9-16(26)23-18(15)27/h2-7,10,15H,8-9,11H2,1H3,(H,23,26,27). The van der Waals surface area contributed by atoms with Gasteiger partial charge in [0.05, 0.1) is 11.1 Å². The number of imide groups is 2. The summed E-state index contributed by atoms with van der Waals surface area (Å²) in [6.45, 7) is 0.0841. The zero-order valence-corrected chi connectivity index (χ0v) is 16.1. The minimum atomic E-state index is -1.03. The fourth-order valence-corrected chi connectivity index (χ4v) is 3.73. The van der Waals surface area contributed by atoms with Crippen LogP contribution in [0.2, 0.25) is 0 Å². The lowest BCUT2D eigenvalue weighted by molar-refractivity contribution is -0.136. The fraction of sp³-hybridized carbons (Fsp3) is 0.238. The van der Waals surface area contributed by atoms with Crippen LogP contribution in [0.3, 0.4) is 0 Å². The maximum absolute atomic E-state index is 13.1. The molecule has 9 heteroatoms. The molecule has 0 saturated carbocycles. The minimum Gasteiger partial charge on any atom is -0.336 e. The summed E-state index contributed by atoms with van der Waals surface area (Å²) in [6.07, 6.45) is 1.66. The highest BCUT2D eigenvalue weighted by Gasteiger charge is 2.45. The number of pyridine rings is 1. The van der Waals surface area contributed by atoms with E-state index in [1.54, 1.807) is 37.4 Å². The lowest BCUT2D eigenvalue weighted by Gasteiger charge is -2.28. The van der Waals surface area contributed by atoms with Crippen LogP contribution in [-0.4, -0.2) is 57.4 Å². The van der Waals surface area contributed by atoms with Crippen LogP contribution in [-0.2, 0) is 16.1 Å². The summed E-state index contributed by atoms with van der Waals surface area (Å²) in [5.41, 5.74) is 1.11. The van der Waals surface area contributed by atoms with Crippen LogP contribution in [0.5, 0.6) is 0 Å². The Morgan fingerprint density at radius 3 is 2.63 bits per heavy atom. The molecule has 5 amide bonds. The van der Waals surface area contributed by atoms with Gasteiger partial charge in [0, 0.05) is 26.2 Å². The number of amides is 5. The number of rotatable bonds is 4. The van der Waals surface area contributed by atoms with Gasteiger partial charge in [0.25, 0.3) is 17.7 Å². The summed E-state index contributed by atoms with van der Waals surface area (Å²) in [7, 11) is 1.58. The molecule has 1 fully saturated rings. The Labute approximate surface area is 171 Å². The van der Waals surface area contributed by atoms with Gasteiger partial charge in [-0.25, -0.2) is 0 Å². The van der Waals surface area contributed by atoms with Gasteiger partial charge in [0.15, 0.2) is 0 Å². The summed E-state index contributed by atoms with van der Waals surface area (Å²) in [6, 6.07) is 8.78. The van der Waals surface area contributed by atoms with E-state index in [-0.39, 0.29) is 42.1 Å². The molecule has 1 atom stereocenters. The molecular weight excluding hydrogens is 388 g/mol. The van der Waals surface area contributed by atoms with Crippen LogP contribution in [0, 0.1) is 0 Å². The van der Waals surface area contributed by atoms with Crippen LogP contribution in [0.4, 0.5) is 0 Å². The van der Waals surface area contributed by atoms with Gasteiger partial charge >= 0.3 is 0 Å². The number of hydrogen-bond donors (Lipinski definition) is 1. The van der Waals surface area contributed by atoms with E-state index in [0.717, 1.165) is 4.90 Å². The predicted octanol–water partition coefficient (Wildman–Crippen LogP) is 0.755.